The van der Waals surface area contributed by atoms with Gasteiger partial charge in [0.2, 0.25) is 5.91 Å². The Labute approximate surface area is 120 Å². The zero-order valence-electron chi connectivity index (χ0n) is 12.2. The van der Waals surface area contributed by atoms with Gasteiger partial charge in [0, 0.05) is 44.3 Å². The van der Waals surface area contributed by atoms with Crippen molar-refractivity contribution in [1.82, 2.24) is 19.8 Å². The fourth-order valence-electron chi connectivity index (χ4n) is 2.92. The molecule has 0 spiro atoms. The third-order valence-electron chi connectivity index (χ3n) is 4.44. The predicted molar refractivity (Wildman–Crippen MR) is 77.1 cm³/mol. The monoisotopic (exact) mass is 276 g/mol. The van der Waals surface area contributed by atoms with Crippen LogP contribution < -0.4 is 5.32 Å². The molecule has 0 aromatic carbocycles. The van der Waals surface area contributed by atoms with Gasteiger partial charge in [-0.1, -0.05) is 0 Å². The number of piperidine rings is 1. The lowest BCUT2D eigenvalue weighted by Crippen LogP contribution is -2.45. The Bertz CT molecular complexity index is 458. The molecule has 5 heteroatoms. The average molecular weight is 276 g/mol. The van der Waals surface area contributed by atoms with Gasteiger partial charge in [0.05, 0.1) is 12.0 Å². The lowest BCUT2D eigenvalue weighted by Gasteiger charge is -2.32. The van der Waals surface area contributed by atoms with Crippen LogP contribution in [0.1, 0.15) is 38.3 Å². The average Bonchev–Trinajstić information content (AvgIpc) is 3.24. The van der Waals surface area contributed by atoms with E-state index in [0.717, 1.165) is 51.9 Å². The van der Waals surface area contributed by atoms with Crippen molar-refractivity contribution in [3.8, 4) is 0 Å². The van der Waals surface area contributed by atoms with Crippen LogP contribution in [0.3, 0.4) is 0 Å². The van der Waals surface area contributed by atoms with Gasteiger partial charge in [0.1, 0.15) is 0 Å². The topological polar surface area (TPSA) is 50.2 Å². The van der Waals surface area contributed by atoms with Crippen molar-refractivity contribution >= 4 is 5.91 Å². The highest BCUT2D eigenvalue weighted by Gasteiger charge is 2.34. The molecule has 1 aromatic rings. The minimum absolute atomic E-state index is 0.360. The maximum absolute atomic E-state index is 12.0. The molecule has 110 valence electrons. The van der Waals surface area contributed by atoms with E-state index in [0.29, 0.717) is 17.9 Å². The van der Waals surface area contributed by atoms with Crippen LogP contribution in [0.5, 0.6) is 0 Å². The van der Waals surface area contributed by atoms with Crippen molar-refractivity contribution in [2.45, 2.75) is 51.7 Å². The van der Waals surface area contributed by atoms with Crippen LogP contribution in [0.4, 0.5) is 0 Å². The van der Waals surface area contributed by atoms with Crippen LogP contribution in [-0.4, -0.2) is 39.5 Å². The zero-order valence-corrected chi connectivity index (χ0v) is 12.2. The van der Waals surface area contributed by atoms with Gasteiger partial charge in [0.15, 0.2) is 0 Å². The summed E-state index contributed by atoms with van der Waals surface area (Å²) >= 11 is 0. The van der Waals surface area contributed by atoms with Crippen LogP contribution in [0.25, 0.3) is 0 Å². The molecular weight excluding hydrogens is 252 g/mol. The first-order valence-electron chi connectivity index (χ1n) is 7.79. The highest BCUT2D eigenvalue weighted by molar-refractivity contribution is 5.81. The Hall–Kier alpha value is -1.36. The molecule has 3 rings (SSSR count). The highest BCUT2D eigenvalue weighted by atomic mass is 16.2. The first-order valence-corrected chi connectivity index (χ1v) is 7.79. The molecule has 2 heterocycles. The summed E-state index contributed by atoms with van der Waals surface area (Å²) in [5, 5.41) is 3.60. The molecule has 5 nitrogen and oxygen atoms in total. The Balaban J connectivity index is 1.43. The summed E-state index contributed by atoms with van der Waals surface area (Å²) in [4.78, 5) is 18.2. The van der Waals surface area contributed by atoms with Gasteiger partial charge in [-0.3, -0.25) is 4.79 Å². The van der Waals surface area contributed by atoms with Gasteiger partial charge < -0.3 is 14.8 Å². The normalized spacial score (nSPS) is 20.4. The predicted octanol–water partition coefficient (Wildman–Crippen LogP) is 1.39. The molecule has 1 amide bonds. The Morgan fingerprint density at radius 2 is 2.10 bits per heavy atom. The number of hydrogen-bond acceptors (Lipinski definition) is 3. The lowest BCUT2D eigenvalue weighted by atomic mass is 10.0. The second-order valence-electron chi connectivity index (χ2n) is 5.93. The number of aryl methyl sites for hydroxylation is 1. The highest BCUT2D eigenvalue weighted by Crippen LogP contribution is 2.31. The van der Waals surface area contributed by atoms with Crippen molar-refractivity contribution < 1.29 is 4.79 Å². The third-order valence-corrected chi connectivity index (χ3v) is 4.44. The molecule has 1 aromatic heterocycles. The molecule has 1 aliphatic carbocycles. The molecule has 0 radical (unpaired) electrons. The Morgan fingerprint density at radius 3 is 2.75 bits per heavy atom. The van der Waals surface area contributed by atoms with Crippen LogP contribution in [0, 0.1) is 5.92 Å². The molecule has 2 aliphatic rings. The maximum atomic E-state index is 12.0. The van der Waals surface area contributed by atoms with E-state index in [1.54, 1.807) is 0 Å². The number of amides is 1. The van der Waals surface area contributed by atoms with Crippen LogP contribution >= 0.6 is 0 Å². The molecule has 0 atom stereocenters. The number of aromatic nitrogens is 2. The lowest BCUT2D eigenvalue weighted by molar-refractivity contribution is -0.133. The second-order valence-corrected chi connectivity index (χ2v) is 5.93. The largest absolute Gasteiger partial charge is 0.342 e. The van der Waals surface area contributed by atoms with Gasteiger partial charge in [-0.25, -0.2) is 4.98 Å². The van der Waals surface area contributed by atoms with Gasteiger partial charge in [-0.2, -0.15) is 0 Å². The Kier molecular flexibility index (Phi) is 4.05. The summed E-state index contributed by atoms with van der Waals surface area (Å²) in [7, 11) is 0. The van der Waals surface area contributed by atoms with Gasteiger partial charge in [-0.05, 0) is 32.6 Å². The number of imidazole rings is 1. The van der Waals surface area contributed by atoms with E-state index in [4.69, 9.17) is 0 Å². The van der Waals surface area contributed by atoms with Gasteiger partial charge in [-0.15, -0.1) is 0 Å². The quantitative estimate of drug-likeness (QED) is 0.884. The number of likely N-dealkylation sites (tertiary alicyclic amines) is 1. The van der Waals surface area contributed by atoms with Crippen LogP contribution in [0.15, 0.2) is 12.5 Å². The second kappa shape index (κ2) is 5.95. The molecule has 1 saturated heterocycles. The standard InChI is InChI=1S/C15H24N4O/c1-2-18-11-16-9-14(18)10-17-13-5-7-19(8-6-13)15(20)12-3-4-12/h9,11-13,17H,2-8,10H2,1H3. The number of nitrogens with one attached hydrogen (secondary N) is 1. The van der Waals surface area contributed by atoms with Crippen molar-refractivity contribution in [2.75, 3.05) is 13.1 Å². The summed E-state index contributed by atoms with van der Waals surface area (Å²) in [6.45, 7) is 5.80. The van der Waals surface area contributed by atoms with Crippen molar-refractivity contribution in [3.63, 3.8) is 0 Å². The summed E-state index contributed by atoms with van der Waals surface area (Å²) < 4.78 is 2.17. The minimum atomic E-state index is 0.360. The molecule has 0 unspecified atom stereocenters. The molecule has 1 saturated carbocycles. The first-order chi connectivity index (χ1) is 9.78. The van der Waals surface area contributed by atoms with E-state index in [-0.39, 0.29) is 0 Å². The number of rotatable bonds is 5. The number of carbonyl (C=O) groups excluding carboxylic acids is 1. The minimum Gasteiger partial charge on any atom is -0.342 e. The fraction of sp³-hybridized carbons (Fsp3) is 0.733. The number of carbonyl (C=O) groups is 1. The van der Waals surface area contributed by atoms with Crippen LogP contribution in [0.2, 0.25) is 0 Å². The summed E-state index contributed by atoms with van der Waals surface area (Å²) in [5.74, 6) is 0.755. The summed E-state index contributed by atoms with van der Waals surface area (Å²) in [5.41, 5.74) is 1.24. The maximum Gasteiger partial charge on any atom is 0.225 e. The zero-order chi connectivity index (χ0) is 13.9. The van der Waals surface area contributed by atoms with Gasteiger partial charge in [0.25, 0.3) is 0 Å². The third kappa shape index (κ3) is 3.03. The summed E-state index contributed by atoms with van der Waals surface area (Å²) in [6, 6.07) is 0.526. The molecule has 1 N–H and O–H groups in total. The van der Waals surface area contributed by atoms with E-state index in [9.17, 15) is 4.79 Å². The summed E-state index contributed by atoms with van der Waals surface area (Å²) in [6.07, 6.45) is 8.17. The first kappa shape index (κ1) is 13.6. The van der Waals surface area contributed by atoms with E-state index in [2.05, 4.69) is 26.7 Å². The van der Waals surface area contributed by atoms with Crippen molar-refractivity contribution in [1.29, 1.82) is 0 Å². The van der Waals surface area contributed by atoms with Crippen molar-refractivity contribution in [3.05, 3.63) is 18.2 Å². The Morgan fingerprint density at radius 1 is 1.35 bits per heavy atom. The van der Waals surface area contributed by atoms with E-state index in [1.807, 2.05) is 12.5 Å². The number of nitrogens with zero attached hydrogens (tertiary/aromatic N) is 3. The van der Waals surface area contributed by atoms with E-state index in [1.165, 1.54) is 5.69 Å². The molecule has 20 heavy (non-hydrogen) atoms. The fourth-order valence-corrected chi connectivity index (χ4v) is 2.92. The smallest absolute Gasteiger partial charge is 0.225 e. The SMILES string of the molecule is CCn1cncc1CNC1CCN(C(=O)C2CC2)CC1. The van der Waals surface area contributed by atoms with E-state index < -0.39 is 0 Å². The molecular formula is C15H24N4O. The number of hydrogen-bond donors (Lipinski definition) is 1. The van der Waals surface area contributed by atoms with Crippen molar-refractivity contribution in [2.24, 2.45) is 5.92 Å². The van der Waals surface area contributed by atoms with Gasteiger partial charge >= 0.3 is 0 Å². The molecule has 1 aliphatic heterocycles. The molecule has 2 fully saturated rings. The van der Waals surface area contributed by atoms with Crippen LogP contribution in [-0.2, 0) is 17.9 Å². The molecule has 0 bridgehead atoms. The van der Waals surface area contributed by atoms with E-state index >= 15 is 0 Å².